The molecule has 16 heavy (non-hydrogen) atoms. The van der Waals surface area contributed by atoms with Crippen LogP contribution in [0.1, 0.15) is 24.8 Å². The predicted octanol–water partition coefficient (Wildman–Crippen LogP) is 3.06. The average Bonchev–Trinajstić information content (AvgIpc) is 2.77. The number of benzene rings is 1. The van der Waals surface area contributed by atoms with Crippen molar-refractivity contribution in [3.05, 3.63) is 35.6 Å². The van der Waals surface area contributed by atoms with E-state index in [-0.39, 0.29) is 5.82 Å². The van der Waals surface area contributed by atoms with Crippen molar-refractivity contribution in [2.75, 3.05) is 13.1 Å². The molecule has 2 aliphatic rings. The highest BCUT2D eigenvalue weighted by molar-refractivity contribution is 5.16. The molecule has 86 valence electrons. The molecule has 0 radical (unpaired) electrons. The van der Waals surface area contributed by atoms with Crippen LogP contribution in [0, 0.1) is 17.7 Å². The molecule has 1 aliphatic carbocycles. The van der Waals surface area contributed by atoms with Crippen LogP contribution in [-0.4, -0.2) is 18.0 Å². The van der Waals surface area contributed by atoms with Gasteiger partial charge >= 0.3 is 0 Å². The van der Waals surface area contributed by atoms with Gasteiger partial charge in [0.05, 0.1) is 0 Å². The van der Waals surface area contributed by atoms with Crippen LogP contribution in [-0.2, 0) is 6.54 Å². The molecule has 1 saturated heterocycles. The molecule has 1 aromatic carbocycles. The summed E-state index contributed by atoms with van der Waals surface area (Å²) in [7, 11) is 0. The minimum absolute atomic E-state index is 0.114. The zero-order chi connectivity index (χ0) is 11.0. The molecule has 1 saturated carbocycles. The summed E-state index contributed by atoms with van der Waals surface area (Å²) in [4.78, 5) is 2.49. The summed E-state index contributed by atoms with van der Waals surface area (Å²) in [5, 5.41) is 0. The van der Waals surface area contributed by atoms with Gasteiger partial charge in [0, 0.05) is 19.6 Å². The van der Waals surface area contributed by atoms with E-state index >= 15 is 0 Å². The van der Waals surface area contributed by atoms with E-state index in [1.807, 2.05) is 12.1 Å². The van der Waals surface area contributed by atoms with Crippen molar-refractivity contribution in [3.63, 3.8) is 0 Å². The lowest BCUT2D eigenvalue weighted by Gasteiger charge is -2.16. The van der Waals surface area contributed by atoms with Crippen LogP contribution in [0.4, 0.5) is 4.39 Å². The summed E-state index contributed by atoms with van der Waals surface area (Å²) in [5.41, 5.74) is 1.11. The first-order chi connectivity index (χ1) is 7.81. The number of nitrogens with zero attached hydrogens (tertiary/aromatic N) is 1. The topological polar surface area (TPSA) is 3.24 Å². The summed E-state index contributed by atoms with van der Waals surface area (Å²) >= 11 is 0. The fraction of sp³-hybridized carbons (Fsp3) is 0.571. The van der Waals surface area contributed by atoms with Crippen LogP contribution in [0.15, 0.2) is 24.3 Å². The summed E-state index contributed by atoms with van der Waals surface area (Å²) in [6, 6.07) is 7.01. The van der Waals surface area contributed by atoms with Crippen LogP contribution in [0.5, 0.6) is 0 Å². The Balaban J connectivity index is 1.64. The summed E-state index contributed by atoms with van der Waals surface area (Å²) in [6.07, 6.45) is 4.23. The first-order valence-electron chi connectivity index (χ1n) is 6.28. The number of hydrogen-bond acceptors (Lipinski definition) is 1. The zero-order valence-corrected chi connectivity index (χ0v) is 9.53. The number of rotatable bonds is 2. The Morgan fingerprint density at radius 3 is 2.62 bits per heavy atom. The van der Waals surface area contributed by atoms with Gasteiger partial charge in [-0.25, -0.2) is 4.39 Å². The van der Waals surface area contributed by atoms with Gasteiger partial charge in [0.25, 0.3) is 0 Å². The molecular formula is C14H18FN. The Morgan fingerprint density at radius 2 is 1.94 bits per heavy atom. The average molecular weight is 219 g/mol. The van der Waals surface area contributed by atoms with Gasteiger partial charge in [-0.15, -0.1) is 0 Å². The summed E-state index contributed by atoms with van der Waals surface area (Å²) < 4.78 is 13.1. The SMILES string of the molecule is Fc1cccc(CN2CC3CCCC3C2)c1. The Morgan fingerprint density at radius 1 is 1.19 bits per heavy atom. The minimum Gasteiger partial charge on any atom is -0.299 e. The molecule has 1 aliphatic heterocycles. The molecule has 0 amide bonds. The highest BCUT2D eigenvalue weighted by Gasteiger charge is 2.35. The summed E-state index contributed by atoms with van der Waals surface area (Å²) in [6.45, 7) is 3.37. The lowest BCUT2D eigenvalue weighted by atomic mass is 10.0. The second-order valence-electron chi connectivity index (χ2n) is 5.28. The molecule has 0 spiro atoms. The van der Waals surface area contributed by atoms with Crippen molar-refractivity contribution >= 4 is 0 Å². The van der Waals surface area contributed by atoms with E-state index < -0.39 is 0 Å². The maximum absolute atomic E-state index is 13.1. The van der Waals surface area contributed by atoms with Gasteiger partial charge in [-0.1, -0.05) is 18.6 Å². The molecule has 2 heteroatoms. The number of likely N-dealkylation sites (tertiary alicyclic amines) is 1. The van der Waals surface area contributed by atoms with Crippen molar-refractivity contribution < 1.29 is 4.39 Å². The summed E-state index contributed by atoms with van der Waals surface area (Å²) in [5.74, 6) is 1.74. The molecule has 3 rings (SSSR count). The fourth-order valence-corrected chi connectivity index (χ4v) is 3.35. The first kappa shape index (κ1) is 10.3. The van der Waals surface area contributed by atoms with Gasteiger partial charge in [-0.3, -0.25) is 4.90 Å². The Labute approximate surface area is 96.3 Å². The monoisotopic (exact) mass is 219 g/mol. The van der Waals surface area contributed by atoms with Crippen LogP contribution in [0.2, 0.25) is 0 Å². The Bertz CT molecular complexity index is 365. The molecule has 2 atom stereocenters. The highest BCUT2D eigenvalue weighted by atomic mass is 19.1. The van der Waals surface area contributed by atoms with E-state index in [2.05, 4.69) is 4.90 Å². The second-order valence-corrected chi connectivity index (χ2v) is 5.28. The van der Waals surface area contributed by atoms with Gasteiger partial charge in [0.1, 0.15) is 5.82 Å². The van der Waals surface area contributed by atoms with Crippen molar-refractivity contribution in [2.24, 2.45) is 11.8 Å². The Hall–Kier alpha value is -0.890. The Kier molecular flexibility index (Phi) is 2.68. The maximum atomic E-state index is 13.1. The third-order valence-corrected chi connectivity index (χ3v) is 4.10. The molecule has 0 N–H and O–H groups in total. The lowest BCUT2D eigenvalue weighted by Crippen LogP contribution is -2.21. The molecule has 2 fully saturated rings. The molecule has 1 aromatic rings. The number of fused-ring (bicyclic) bond motifs is 1. The molecule has 0 aromatic heterocycles. The van der Waals surface area contributed by atoms with E-state index in [4.69, 9.17) is 0 Å². The van der Waals surface area contributed by atoms with Gasteiger partial charge in [0.2, 0.25) is 0 Å². The normalized spacial score (nSPS) is 29.6. The third-order valence-electron chi connectivity index (χ3n) is 4.10. The standard InChI is InChI=1S/C14H18FN/c15-14-6-1-3-11(7-14)8-16-9-12-4-2-5-13(12)10-16/h1,3,6-7,12-13H,2,4-5,8-10H2. The largest absolute Gasteiger partial charge is 0.299 e. The number of halogens is 1. The zero-order valence-electron chi connectivity index (χ0n) is 9.53. The molecule has 2 unspecified atom stereocenters. The maximum Gasteiger partial charge on any atom is 0.123 e. The first-order valence-corrected chi connectivity index (χ1v) is 6.28. The van der Waals surface area contributed by atoms with Gasteiger partial charge in [-0.2, -0.15) is 0 Å². The van der Waals surface area contributed by atoms with Crippen LogP contribution < -0.4 is 0 Å². The highest BCUT2D eigenvalue weighted by Crippen LogP contribution is 2.38. The van der Waals surface area contributed by atoms with Crippen molar-refractivity contribution in [2.45, 2.75) is 25.8 Å². The van der Waals surface area contributed by atoms with Crippen molar-refractivity contribution in [1.82, 2.24) is 4.90 Å². The quantitative estimate of drug-likeness (QED) is 0.739. The van der Waals surface area contributed by atoms with E-state index in [1.54, 1.807) is 6.07 Å². The molecular weight excluding hydrogens is 201 g/mol. The minimum atomic E-state index is -0.114. The fourth-order valence-electron chi connectivity index (χ4n) is 3.35. The van der Waals surface area contributed by atoms with Crippen molar-refractivity contribution in [1.29, 1.82) is 0 Å². The third kappa shape index (κ3) is 1.99. The van der Waals surface area contributed by atoms with Crippen LogP contribution in [0.3, 0.4) is 0 Å². The second kappa shape index (κ2) is 4.17. The van der Waals surface area contributed by atoms with Crippen molar-refractivity contribution in [3.8, 4) is 0 Å². The number of hydrogen-bond donors (Lipinski definition) is 0. The van der Waals surface area contributed by atoms with Crippen LogP contribution >= 0.6 is 0 Å². The van der Waals surface area contributed by atoms with E-state index in [0.29, 0.717) is 0 Å². The molecule has 0 bridgehead atoms. The van der Waals surface area contributed by atoms with E-state index in [9.17, 15) is 4.39 Å². The van der Waals surface area contributed by atoms with E-state index in [1.165, 1.54) is 38.4 Å². The molecule has 1 heterocycles. The van der Waals surface area contributed by atoms with Gasteiger partial charge < -0.3 is 0 Å². The lowest BCUT2D eigenvalue weighted by molar-refractivity contribution is 0.303. The van der Waals surface area contributed by atoms with Gasteiger partial charge in [0.15, 0.2) is 0 Å². The van der Waals surface area contributed by atoms with Crippen LogP contribution in [0.25, 0.3) is 0 Å². The molecule has 1 nitrogen and oxygen atoms in total. The smallest absolute Gasteiger partial charge is 0.123 e. The predicted molar refractivity (Wildman–Crippen MR) is 62.5 cm³/mol. The van der Waals surface area contributed by atoms with E-state index in [0.717, 1.165) is 23.9 Å². The van der Waals surface area contributed by atoms with Gasteiger partial charge in [-0.05, 0) is 42.4 Å².